The minimum Gasteiger partial charge on any atom is -0.493 e. The molecule has 0 aliphatic carbocycles. The van der Waals surface area contributed by atoms with Crippen molar-refractivity contribution in [3.8, 4) is 17.4 Å². The molecule has 1 N–H and O–H groups in total. The number of hydrogen-bond donors (Lipinski definition) is 1. The Morgan fingerprint density at radius 2 is 1.97 bits per heavy atom. The first kappa shape index (κ1) is 19.4. The van der Waals surface area contributed by atoms with Gasteiger partial charge in [0.25, 0.3) is 11.6 Å². The summed E-state index contributed by atoms with van der Waals surface area (Å²) in [6, 6.07) is 10.8. The van der Waals surface area contributed by atoms with Crippen LogP contribution in [0.25, 0.3) is 0 Å². The molecule has 0 aliphatic heterocycles. The van der Waals surface area contributed by atoms with E-state index in [4.69, 9.17) is 9.47 Å². The average Bonchev–Trinajstić information content (AvgIpc) is 2.75. The van der Waals surface area contributed by atoms with Gasteiger partial charge >= 0.3 is 0 Å². The predicted octanol–water partition coefficient (Wildman–Crippen LogP) is 2.95. The Morgan fingerprint density at radius 3 is 2.62 bits per heavy atom. The summed E-state index contributed by atoms with van der Waals surface area (Å²) in [5.74, 6) is 0.584. The largest absolute Gasteiger partial charge is 0.493 e. The Morgan fingerprint density at radius 1 is 1.17 bits per heavy atom. The average molecular weight is 393 g/mol. The highest BCUT2D eigenvalue weighted by Crippen LogP contribution is 2.31. The van der Waals surface area contributed by atoms with Gasteiger partial charge in [0, 0.05) is 30.1 Å². The van der Waals surface area contributed by atoms with Crippen LogP contribution in [0.1, 0.15) is 15.9 Å². The number of hydrogen-bond acceptors (Lipinski definition) is 8. The first-order valence-electron chi connectivity index (χ1n) is 8.26. The van der Waals surface area contributed by atoms with Gasteiger partial charge in [-0.05, 0) is 35.9 Å². The second kappa shape index (κ2) is 9.04. The van der Waals surface area contributed by atoms with Crippen molar-refractivity contribution in [2.24, 2.45) is 5.10 Å². The number of nitrogens with zero attached hydrogens (tertiary/aromatic N) is 4. The standard InChI is InChI=1S/C19H15N5O5/c1-28-17-10-13(11-22-23-19(25)14-6-8-20-9-7-14)2-4-16(17)29-18-5-3-15(12-21-18)24(26)27/h2-12H,1H3,(H,23,25)/b22-11+. The number of rotatable bonds is 7. The lowest BCUT2D eigenvalue weighted by Crippen LogP contribution is -2.17. The number of nitrogens with one attached hydrogen (secondary N) is 1. The van der Waals surface area contributed by atoms with Gasteiger partial charge < -0.3 is 9.47 Å². The van der Waals surface area contributed by atoms with Gasteiger partial charge in [-0.3, -0.25) is 19.9 Å². The Kier molecular flexibility index (Phi) is 6.05. The molecule has 0 radical (unpaired) electrons. The lowest BCUT2D eigenvalue weighted by atomic mass is 10.2. The fourth-order valence-electron chi connectivity index (χ4n) is 2.24. The first-order valence-corrected chi connectivity index (χ1v) is 8.26. The van der Waals surface area contributed by atoms with Crippen molar-refractivity contribution in [3.05, 3.63) is 82.3 Å². The number of hydrazone groups is 1. The molecule has 0 unspecified atom stereocenters. The van der Waals surface area contributed by atoms with E-state index >= 15 is 0 Å². The van der Waals surface area contributed by atoms with E-state index in [-0.39, 0.29) is 17.5 Å². The molecule has 1 aromatic carbocycles. The summed E-state index contributed by atoms with van der Waals surface area (Å²) >= 11 is 0. The molecule has 3 aromatic rings. The Hall–Kier alpha value is -4.34. The van der Waals surface area contributed by atoms with Gasteiger partial charge in [-0.15, -0.1) is 0 Å². The molecule has 3 rings (SSSR count). The lowest BCUT2D eigenvalue weighted by Gasteiger charge is -2.10. The molecule has 0 fully saturated rings. The molecule has 1 amide bonds. The third-order valence-electron chi connectivity index (χ3n) is 3.66. The fourth-order valence-corrected chi connectivity index (χ4v) is 2.24. The highest BCUT2D eigenvalue weighted by Gasteiger charge is 2.10. The molecule has 29 heavy (non-hydrogen) atoms. The molecule has 2 aromatic heterocycles. The zero-order chi connectivity index (χ0) is 20.6. The zero-order valence-electron chi connectivity index (χ0n) is 15.2. The Labute approximate surface area is 165 Å². The van der Waals surface area contributed by atoms with Gasteiger partial charge in [0.1, 0.15) is 6.20 Å². The quantitative estimate of drug-likeness (QED) is 0.371. The summed E-state index contributed by atoms with van der Waals surface area (Å²) in [6.45, 7) is 0. The van der Waals surface area contributed by atoms with E-state index in [1.165, 1.54) is 37.9 Å². The first-order chi connectivity index (χ1) is 14.1. The van der Waals surface area contributed by atoms with Crippen LogP contribution < -0.4 is 14.9 Å². The molecule has 0 saturated heterocycles. The number of pyridine rings is 2. The van der Waals surface area contributed by atoms with Crippen LogP contribution in [0.4, 0.5) is 5.69 Å². The third kappa shape index (κ3) is 5.10. The molecule has 2 heterocycles. The smallest absolute Gasteiger partial charge is 0.287 e. The second-order valence-electron chi connectivity index (χ2n) is 5.56. The van der Waals surface area contributed by atoms with Crippen molar-refractivity contribution in [1.82, 2.24) is 15.4 Å². The van der Waals surface area contributed by atoms with Crippen LogP contribution in [0.5, 0.6) is 17.4 Å². The van der Waals surface area contributed by atoms with Gasteiger partial charge in [-0.2, -0.15) is 5.10 Å². The van der Waals surface area contributed by atoms with E-state index < -0.39 is 4.92 Å². The molecular weight excluding hydrogens is 378 g/mol. The molecule has 0 saturated carbocycles. The number of aromatic nitrogens is 2. The number of nitro groups is 1. The highest BCUT2D eigenvalue weighted by molar-refractivity contribution is 5.94. The highest BCUT2D eigenvalue weighted by atomic mass is 16.6. The summed E-state index contributed by atoms with van der Waals surface area (Å²) in [4.78, 5) is 29.8. The molecular formula is C19H15N5O5. The van der Waals surface area contributed by atoms with Crippen LogP contribution in [-0.2, 0) is 0 Å². The number of carbonyl (C=O) groups excluding carboxylic acids is 1. The Balaban J connectivity index is 1.68. The normalized spacial score (nSPS) is 10.5. The van der Waals surface area contributed by atoms with E-state index in [1.807, 2.05) is 0 Å². The molecule has 0 atom stereocenters. The molecule has 0 spiro atoms. The topological polar surface area (TPSA) is 129 Å². The summed E-state index contributed by atoms with van der Waals surface area (Å²) in [7, 11) is 1.47. The number of benzene rings is 1. The maximum atomic E-state index is 11.9. The van der Waals surface area contributed by atoms with E-state index in [0.29, 0.717) is 22.6 Å². The van der Waals surface area contributed by atoms with Crippen molar-refractivity contribution in [2.45, 2.75) is 0 Å². The van der Waals surface area contributed by atoms with Gasteiger partial charge in [0.15, 0.2) is 11.5 Å². The van der Waals surface area contributed by atoms with Crippen LogP contribution in [-0.4, -0.2) is 34.1 Å². The van der Waals surface area contributed by atoms with E-state index in [1.54, 1.807) is 30.3 Å². The van der Waals surface area contributed by atoms with Crippen LogP contribution in [0.15, 0.2) is 66.2 Å². The van der Waals surface area contributed by atoms with Gasteiger partial charge in [0.05, 0.1) is 18.2 Å². The van der Waals surface area contributed by atoms with Crippen LogP contribution in [0, 0.1) is 10.1 Å². The maximum absolute atomic E-state index is 11.9. The second-order valence-corrected chi connectivity index (χ2v) is 5.56. The molecule has 146 valence electrons. The lowest BCUT2D eigenvalue weighted by molar-refractivity contribution is -0.385. The molecule has 10 heteroatoms. The maximum Gasteiger partial charge on any atom is 0.287 e. The predicted molar refractivity (Wildman–Crippen MR) is 103 cm³/mol. The fraction of sp³-hybridized carbons (Fsp3) is 0.0526. The monoisotopic (exact) mass is 393 g/mol. The van der Waals surface area contributed by atoms with Crippen molar-refractivity contribution in [2.75, 3.05) is 7.11 Å². The minimum absolute atomic E-state index is 0.135. The minimum atomic E-state index is -0.543. The van der Waals surface area contributed by atoms with E-state index in [0.717, 1.165) is 6.20 Å². The zero-order valence-corrected chi connectivity index (χ0v) is 15.2. The van der Waals surface area contributed by atoms with Crippen LogP contribution in [0.2, 0.25) is 0 Å². The number of amides is 1. The van der Waals surface area contributed by atoms with E-state index in [2.05, 4.69) is 20.5 Å². The summed E-state index contributed by atoms with van der Waals surface area (Å²) in [5, 5.41) is 14.6. The van der Waals surface area contributed by atoms with Crippen molar-refractivity contribution < 1.29 is 19.2 Å². The van der Waals surface area contributed by atoms with Gasteiger partial charge in [0.2, 0.25) is 5.88 Å². The van der Waals surface area contributed by atoms with Crippen LogP contribution >= 0.6 is 0 Å². The van der Waals surface area contributed by atoms with E-state index in [9.17, 15) is 14.9 Å². The van der Waals surface area contributed by atoms with Crippen molar-refractivity contribution in [3.63, 3.8) is 0 Å². The van der Waals surface area contributed by atoms with Crippen molar-refractivity contribution in [1.29, 1.82) is 0 Å². The SMILES string of the molecule is COc1cc(/C=N/NC(=O)c2ccncc2)ccc1Oc1ccc([N+](=O)[O-])cn1. The number of methoxy groups -OCH3 is 1. The summed E-state index contributed by atoms with van der Waals surface area (Å²) in [6.07, 6.45) is 5.59. The molecule has 0 aliphatic rings. The summed E-state index contributed by atoms with van der Waals surface area (Å²) in [5.41, 5.74) is 3.38. The summed E-state index contributed by atoms with van der Waals surface area (Å²) < 4.78 is 10.9. The van der Waals surface area contributed by atoms with Gasteiger partial charge in [-0.1, -0.05) is 0 Å². The van der Waals surface area contributed by atoms with Gasteiger partial charge in [-0.25, -0.2) is 10.4 Å². The van der Waals surface area contributed by atoms with Crippen LogP contribution in [0.3, 0.4) is 0 Å². The molecule has 10 nitrogen and oxygen atoms in total. The Bertz CT molecular complexity index is 1040. The number of carbonyl (C=O) groups is 1. The molecule has 0 bridgehead atoms. The number of ether oxygens (including phenoxy) is 2. The third-order valence-corrected chi connectivity index (χ3v) is 3.66. The van der Waals surface area contributed by atoms with Crippen molar-refractivity contribution >= 4 is 17.8 Å².